The standard InChI is InChI=1S/C23H20N6O3/c1-14-6-4-9-19(25-14)32-20-11-10-16-17-12-24-29(13-15-7-5-8-18(26-15)31-3)23(30)21(17)28(2)22(16)27-20/h4-12H,13H2,1-3H3. The van der Waals surface area contributed by atoms with E-state index < -0.39 is 0 Å². The van der Waals surface area contributed by atoms with Crippen molar-refractivity contribution in [3.8, 4) is 17.6 Å². The van der Waals surface area contributed by atoms with Crippen LogP contribution in [-0.2, 0) is 13.6 Å². The summed E-state index contributed by atoms with van der Waals surface area (Å²) in [5.74, 6) is 1.35. The fourth-order valence-corrected chi connectivity index (χ4v) is 3.67. The lowest BCUT2D eigenvalue weighted by atomic mass is 10.2. The van der Waals surface area contributed by atoms with Gasteiger partial charge >= 0.3 is 0 Å². The third kappa shape index (κ3) is 3.43. The van der Waals surface area contributed by atoms with Gasteiger partial charge in [0.05, 0.1) is 25.5 Å². The van der Waals surface area contributed by atoms with Crippen molar-refractivity contribution in [1.82, 2.24) is 29.3 Å². The van der Waals surface area contributed by atoms with Crippen LogP contribution in [0.4, 0.5) is 0 Å². The van der Waals surface area contributed by atoms with Gasteiger partial charge in [0.25, 0.3) is 5.56 Å². The van der Waals surface area contributed by atoms with Crippen molar-refractivity contribution in [1.29, 1.82) is 0 Å². The number of nitrogens with zero attached hydrogens (tertiary/aromatic N) is 6. The first-order valence-corrected chi connectivity index (χ1v) is 10.00. The largest absolute Gasteiger partial charge is 0.481 e. The monoisotopic (exact) mass is 428 g/mol. The van der Waals surface area contributed by atoms with Crippen LogP contribution >= 0.6 is 0 Å². The van der Waals surface area contributed by atoms with Crippen molar-refractivity contribution >= 4 is 21.9 Å². The number of fused-ring (bicyclic) bond motifs is 3. The van der Waals surface area contributed by atoms with Gasteiger partial charge in [0.2, 0.25) is 17.6 Å². The fraction of sp³-hybridized carbons (Fsp3) is 0.174. The number of pyridine rings is 3. The molecule has 0 fully saturated rings. The third-order valence-corrected chi connectivity index (χ3v) is 5.19. The minimum Gasteiger partial charge on any atom is -0.481 e. The molecule has 5 aromatic heterocycles. The molecular weight excluding hydrogens is 408 g/mol. The number of methoxy groups -OCH3 is 1. The Balaban J connectivity index is 1.56. The van der Waals surface area contributed by atoms with E-state index in [4.69, 9.17) is 9.47 Å². The van der Waals surface area contributed by atoms with Gasteiger partial charge in [-0.15, -0.1) is 0 Å². The first-order valence-electron chi connectivity index (χ1n) is 10.00. The highest BCUT2D eigenvalue weighted by Gasteiger charge is 2.16. The zero-order valence-electron chi connectivity index (χ0n) is 17.8. The molecule has 9 nitrogen and oxygen atoms in total. The molecule has 0 bridgehead atoms. The Morgan fingerprint density at radius 3 is 2.50 bits per heavy atom. The van der Waals surface area contributed by atoms with Gasteiger partial charge in [0.15, 0.2) is 0 Å². The quantitative estimate of drug-likeness (QED) is 0.424. The van der Waals surface area contributed by atoms with E-state index >= 15 is 0 Å². The summed E-state index contributed by atoms with van der Waals surface area (Å²) in [6.07, 6.45) is 1.68. The summed E-state index contributed by atoms with van der Waals surface area (Å²) in [7, 11) is 3.36. The Bertz CT molecular complexity index is 1520. The molecule has 0 radical (unpaired) electrons. The summed E-state index contributed by atoms with van der Waals surface area (Å²) in [6, 6.07) is 14.6. The van der Waals surface area contributed by atoms with E-state index in [2.05, 4.69) is 20.1 Å². The fourth-order valence-electron chi connectivity index (χ4n) is 3.67. The normalized spacial score (nSPS) is 11.2. The Labute approximate surface area is 182 Å². The van der Waals surface area contributed by atoms with Crippen molar-refractivity contribution in [2.75, 3.05) is 7.11 Å². The van der Waals surface area contributed by atoms with Crippen LogP contribution in [-0.4, -0.2) is 36.4 Å². The average Bonchev–Trinajstić information content (AvgIpc) is 3.08. The lowest BCUT2D eigenvalue weighted by molar-refractivity contribution is 0.395. The van der Waals surface area contributed by atoms with E-state index in [1.807, 2.05) is 44.3 Å². The number of ether oxygens (including phenoxy) is 2. The van der Waals surface area contributed by atoms with Crippen LogP contribution in [0.3, 0.4) is 0 Å². The molecule has 0 amide bonds. The highest BCUT2D eigenvalue weighted by molar-refractivity contribution is 6.05. The van der Waals surface area contributed by atoms with Crippen LogP contribution in [0, 0.1) is 6.92 Å². The maximum atomic E-state index is 13.2. The van der Waals surface area contributed by atoms with Crippen molar-refractivity contribution < 1.29 is 9.47 Å². The van der Waals surface area contributed by atoms with Crippen LogP contribution in [0.25, 0.3) is 21.9 Å². The highest BCUT2D eigenvalue weighted by atomic mass is 16.5. The number of rotatable bonds is 5. The maximum absolute atomic E-state index is 13.2. The average molecular weight is 428 g/mol. The topological polar surface area (TPSA) is 97.0 Å². The maximum Gasteiger partial charge on any atom is 0.291 e. The smallest absolute Gasteiger partial charge is 0.291 e. The predicted molar refractivity (Wildman–Crippen MR) is 119 cm³/mol. The minimum atomic E-state index is -0.226. The molecule has 5 rings (SSSR count). The predicted octanol–water partition coefficient (Wildman–Crippen LogP) is 3.23. The van der Waals surface area contributed by atoms with Crippen LogP contribution in [0.15, 0.2) is 59.5 Å². The van der Waals surface area contributed by atoms with E-state index in [1.54, 1.807) is 36.1 Å². The van der Waals surface area contributed by atoms with E-state index in [0.717, 1.165) is 16.5 Å². The van der Waals surface area contributed by atoms with Crippen LogP contribution in [0.5, 0.6) is 17.6 Å². The summed E-state index contributed by atoms with van der Waals surface area (Å²) in [5, 5.41) is 5.92. The second kappa shape index (κ2) is 7.77. The van der Waals surface area contributed by atoms with Gasteiger partial charge in [-0.25, -0.2) is 14.6 Å². The molecule has 0 aliphatic carbocycles. The van der Waals surface area contributed by atoms with Gasteiger partial charge in [-0.2, -0.15) is 10.1 Å². The summed E-state index contributed by atoms with van der Waals surface area (Å²) in [6.45, 7) is 2.13. The number of hydrogen-bond acceptors (Lipinski definition) is 7. The Kier molecular flexibility index (Phi) is 4.78. The van der Waals surface area contributed by atoms with Crippen molar-refractivity contribution in [2.45, 2.75) is 13.5 Å². The molecule has 0 aromatic carbocycles. The Morgan fingerprint density at radius 2 is 1.69 bits per heavy atom. The molecule has 0 aliphatic rings. The second-order valence-electron chi connectivity index (χ2n) is 7.34. The van der Waals surface area contributed by atoms with Gasteiger partial charge in [0.1, 0.15) is 11.2 Å². The molecule has 5 heterocycles. The lowest BCUT2D eigenvalue weighted by Gasteiger charge is -2.06. The van der Waals surface area contributed by atoms with Crippen molar-refractivity contribution in [3.05, 3.63) is 76.5 Å². The van der Waals surface area contributed by atoms with Gasteiger partial charge in [-0.3, -0.25) is 4.79 Å². The summed E-state index contributed by atoms with van der Waals surface area (Å²) in [5.41, 5.74) is 2.44. The van der Waals surface area contributed by atoms with Crippen molar-refractivity contribution in [3.63, 3.8) is 0 Å². The minimum absolute atomic E-state index is 0.226. The third-order valence-electron chi connectivity index (χ3n) is 5.19. The molecule has 0 N–H and O–H groups in total. The molecule has 9 heteroatoms. The Hall–Kier alpha value is -4.27. The van der Waals surface area contributed by atoms with E-state index in [-0.39, 0.29) is 12.1 Å². The molecule has 0 atom stereocenters. The zero-order valence-corrected chi connectivity index (χ0v) is 17.8. The first-order chi connectivity index (χ1) is 15.5. The van der Waals surface area contributed by atoms with Crippen LogP contribution in [0.1, 0.15) is 11.4 Å². The van der Waals surface area contributed by atoms with Crippen molar-refractivity contribution in [2.24, 2.45) is 7.05 Å². The summed E-state index contributed by atoms with van der Waals surface area (Å²) in [4.78, 5) is 26.6. The molecule has 0 unspecified atom stereocenters. The highest BCUT2D eigenvalue weighted by Crippen LogP contribution is 2.27. The molecule has 0 saturated heterocycles. The second-order valence-corrected chi connectivity index (χ2v) is 7.34. The van der Waals surface area contributed by atoms with Crippen LogP contribution in [0.2, 0.25) is 0 Å². The number of aryl methyl sites for hydroxylation is 2. The Morgan fingerprint density at radius 1 is 0.906 bits per heavy atom. The SMILES string of the molecule is COc1cccc(Cn2ncc3c4ccc(Oc5cccc(C)n5)nc4n(C)c3c2=O)n1. The van der Waals surface area contributed by atoms with Crippen LogP contribution < -0.4 is 15.0 Å². The molecule has 32 heavy (non-hydrogen) atoms. The van der Waals surface area contributed by atoms with Gasteiger partial charge in [0, 0.05) is 41.7 Å². The molecule has 0 spiro atoms. The van der Waals surface area contributed by atoms with Gasteiger partial charge in [-0.05, 0) is 25.1 Å². The first kappa shape index (κ1) is 19.7. The molecule has 160 valence electrons. The lowest BCUT2D eigenvalue weighted by Crippen LogP contribution is -2.24. The van der Waals surface area contributed by atoms with E-state index in [0.29, 0.717) is 34.5 Å². The summed E-state index contributed by atoms with van der Waals surface area (Å²) < 4.78 is 14.1. The van der Waals surface area contributed by atoms with E-state index in [1.165, 1.54) is 4.68 Å². The van der Waals surface area contributed by atoms with E-state index in [9.17, 15) is 4.79 Å². The van der Waals surface area contributed by atoms with Gasteiger partial charge in [-0.1, -0.05) is 12.1 Å². The summed E-state index contributed by atoms with van der Waals surface area (Å²) >= 11 is 0. The molecular formula is C23H20N6O3. The zero-order chi connectivity index (χ0) is 22.2. The molecule has 0 saturated carbocycles. The number of hydrogen-bond donors (Lipinski definition) is 0. The molecule has 5 aromatic rings. The van der Waals surface area contributed by atoms with Gasteiger partial charge < -0.3 is 14.0 Å². The number of aromatic nitrogens is 6. The molecule has 0 aliphatic heterocycles.